The van der Waals surface area contributed by atoms with Crippen LogP contribution in [0.3, 0.4) is 0 Å². The predicted molar refractivity (Wildman–Crippen MR) is 127 cm³/mol. The molecule has 0 aromatic carbocycles. The van der Waals surface area contributed by atoms with Crippen molar-refractivity contribution in [3.05, 3.63) is 23.3 Å². The van der Waals surface area contributed by atoms with Gasteiger partial charge in [0.25, 0.3) is 0 Å². The maximum absolute atomic E-state index is 11.5. The van der Waals surface area contributed by atoms with Crippen molar-refractivity contribution < 1.29 is 10.2 Å². The van der Waals surface area contributed by atoms with Crippen molar-refractivity contribution in [2.24, 2.45) is 45.8 Å². The van der Waals surface area contributed by atoms with Crippen molar-refractivity contribution in [3.63, 3.8) is 0 Å². The van der Waals surface area contributed by atoms with Crippen LogP contribution in [0, 0.1) is 45.8 Å². The molecule has 174 valence electrons. The molecular weight excluding hydrogens is 380 g/mol. The lowest BCUT2D eigenvalue weighted by atomic mass is 9.45. The van der Waals surface area contributed by atoms with E-state index in [-0.39, 0.29) is 23.0 Å². The molecule has 4 saturated carbocycles. The summed E-state index contributed by atoms with van der Waals surface area (Å²) in [6.45, 7) is 12.0. The van der Waals surface area contributed by atoms with E-state index in [0.717, 1.165) is 37.5 Å². The number of hydrogen-bond donors (Lipinski definition) is 2. The van der Waals surface area contributed by atoms with E-state index < -0.39 is 0 Å². The molecule has 0 saturated heterocycles. The number of aliphatic hydroxyl groups is 2. The first-order chi connectivity index (χ1) is 14.6. The second-order valence-electron chi connectivity index (χ2n) is 13.1. The standard InChI is InChI=1S/C29H46O2/c1-18(2)7-6-8-19(3)20-9-10-21-26-22(11-13-27(20,21)4)28(5)14-12-25(31)29(15-16-29)24(28)17-23(26)30/h7,17,19-23,25-26,30-31H,6,8-16H2,1-5H3/t19-,20-,21+,22+,23-,25+,26+,27-,28-/m1/s1. The van der Waals surface area contributed by atoms with Gasteiger partial charge >= 0.3 is 0 Å². The van der Waals surface area contributed by atoms with Crippen LogP contribution in [0.4, 0.5) is 0 Å². The monoisotopic (exact) mass is 426 g/mol. The van der Waals surface area contributed by atoms with Gasteiger partial charge in [-0.1, -0.05) is 44.1 Å². The fourth-order valence-corrected chi connectivity index (χ4v) is 9.58. The highest BCUT2D eigenvalue weighted by atomic mass is 16.3. The Morgan fingerprint density at radius 1 is 1.03 bits per heavy atom. The summed E-state index contributed by atoms with van der Waals surface area (Å²) < 4.78 is 0. The molecule has 5 rings (SSSR count). The molecule has 5 aliphatic rings. The lowest BCUT2D eigenvalue weighted by molar-refractivity contribution is -0.105. The van der Waals surface area contributed by atoms with Gasteiger partial charge in [0.15, 0.2) is 0 Å². The third-order valence-corrected chi connectivity index (χ3v) is 11.3. The zero-order chi connectivity index (χ0) is 22.2. The molecule has 31 heavy (non-hydrogen) atoms. The van der Waals surface area contributed by atoms with Crippen LogP contribution in [0.5, 0.6) is 0 Å². The molecular formula is C29H46O2. The van der Waals surface area contributed by atoms with Gasteiger partial charge in [0.05, 0.1) is 12.2 Å². The van der Waals surface area contributed by atoms with Gasteiger partial charge in [0, 0.05) is 5.41 Å². The molecule has 0 aromatic rings. The minimum Gasteiger partial charge on any atom is -0.392 e. The SMILES string of the molecule is CC(C)=CCC[C@@H](C)[C@H]1CC[C@H]2[C@@H]3[C@H](O)C=C4C5(CC5)[C@@H](O)CC[C@]4(C)[C@H]3CC[C@]12C. The zero-order valence-electron chi connectivity index (χ0n) is 20.7. The Bertz CT molecular complexity index is 772. The normalized spacial score (nSPS) is 48.3. The summed E-state index contributed by atoms with van der Waals surface area (Å²) in [5.74, 6) is 3.26. The quantitative estimate of drug-likeness (QED) is 0.493. The average Bonchev–Trinajstić information content (AvgIpc) is 3.42. The number of allylic oxidation sites excluding steroid dienone is 2. The molecule has 0 bridgehead atoms. The van der Waals surface area contributed by atoms with Gasteiger partial charge in [-0.2, -0.15) is 0 Å². The number of hydrogen-bond acceptors (Lipinski definition) is 2. The van der Waals surface area contributed by atoms with Crippen LogP contribution in [0.2, 0.25) is 0 Å². The van der Waals surface area contributed by atoms with Gasteiger partial charge in [-0.3, -0.25) is 0 Å². The Hall–Kier alpha value is -0.600. The molecule has 0 aromatic heterocycles. The average molecular weight is 427 g/mol. The van der Waals surface area contributed by atoms with Gasteiger partial charge in [-0.25, -0.2) is 0 Å². The first kappa shape index (κ1) is 22.2. The number of aliphatic hydroxyl groups excluding tert-OH is 2. The van der Waals surface area contributed by atoms with E-state index >= 15 is 0 Å². The molecule has 9 atom stereocenters. The molecule has 2 nitrogen and oxygen atoms in total. The van der Waals surface area contributed by atoms with E-state index in [2.05, 4.69) is 46.8 Å². The molecule has 0 radical (unpaired) electrons. The highest BCUT2D eigenvalue weighted by Gasteiger charge is 2.66. The van der Waals surface area contributed by atoms with Gasteiger partial charge in [-0.05, 0) is 118 Å². The smallest absolute Gasteiger partial charge is 0.0757 e. The number of fused-ring (bicyclic) bond motifs is 6. The minimum absolute atomic E-state index is 0.0252. The fourth-order valence-electron chi connectivity index (χ4n) is 9.58. The van der Waals surface area contributed by atoms with Crippen LogP contribution in [-0.2, 0) is 0 Å². The van der Waals surface area contributed by atoms with E-state index in [1.165, 1.54) is 49.7 Å². The summed E-state index contributed by atoms with van der Waals surface area (Å²) in [7, 11) is 0. The summed E-state index contributed by atoms with van der Waals surface area (Å²) in [6, 6.07) is 0. The van der Waals surface area contributed by atoms with Crippen molar-refractivity contribution in [3.8, 4) is 0 Å². The molecule has 4 fully saturated rings. The summed E-state index contributed by atoms with van der Waals surface area (Å²) in [4.78, 5) is 0. The van der Waals surface area contributed by atoms with E-state index in [4.69, 9.17) is 0 Å². The van der Waals surface area contributed by atoms with E-state index in [0.29, 0.717) is 23.2 Å². The topological polar surface area (TPSA) is 40.5 Å². The zero-order valence-corrected chi connectivity index (χ0v) is 20.7. The summed E-state index contributed by atoms with van der Waals surface area (Å²) >= 11 is 0. The predicted octanol–water partition coefficient (Wildman–Crippen LogP) is 6.67. The Morgan fingerprint density at radius 3 is 2.45 bits per heavy atom. The highest BCUT2D eigenvalue weighted by Crippen LogP contribution is 2.72. The van der Waals surface area contributed by atoms with E-state index in [1.54, 1.807) is 0 Å². The highest BCUT2D eigenvalue weighted by molar-refractivity contribution is 5.38. The third kappa shape index (κ3) is 3.17. The number of rotatable bonds is 4. The van der Waals surface area contributed by atoms with Gasteiger partial charge in [0.2, 0.25) is 0 Å². The first-order valence-corrected chi connectivity index (χ1v) is 13.4. The molecule has 0 aliphatic heterocycles. The van der Waals surface area contributed by atoms with Gasteiger partial charge in [-0.15, -0.1) is 0 Å². The third-order valence-electron chi connectivity index (χ3n) is 11.3. The fraction of sp³-hybridized carbons (Fsp3) is 0.862. The second kappa shape index (κ2) is 7.45. The van der Waals surface area contributed by atoms with Crippen molar-refractivity contribution in [2.45, 2.75) is 111 Å². The molecule has 1 spiro atoms. The van der Waals surface area contributed by atoms with Gasteiger partial charge in [0.1, 0.15) is 0 Å². The van der Waals surface area contributed by atoms with Crippen LogP contribution in [0.15, 0.2) is 23.3 Å². The van der Waals surface area contributed by atoms with Crippen molar-refractivity contribution in [2.75, 3.05) is 0 Å². The van der Waals surface area contributed by atoms with Crippen LogP contribution < -0.4 is 0 Å². The maximum atomic E-state index is 11.5. The first-order valence-electron chi connectivity index (χ1n) is 13.4. The lowest BCUT2D eigenvalue weighted by Gasteiger charge is -2.61. The van der Waals surface area contributed by atoms with Crippen molar-refractivity contribution >= 4 is 0 Å². The van der Waals surface area contributed by atoms with E-state index in [9.17, 15) is 10.2 Å². The molecule has 2 heteroatoms. The second-order valence-corrected chi connectivity index (χ2v) is 13.1. The van der Waals surface area contributed by atoms with Crippen LogP contribution in [0.25, 0.3) is 0 Å². The summed E-state index contributed by atoms with van der Waals surface area (Å²) in [5, 5.41) is 22.3. The Labute approximate surface area is 190 Å². The molecule has 0 amide bonds. The molecule has 0 unspecified atom stereocenters. The lowest BCUT2D eigenvalue weighted by Crippen LogP contribution is -2.56. The van der Waals surface area contributed by atoms with E-state index in [1.807, 2.05) is 0 Å². The van der Waals surface area contributed by atoms with Crippen LogP contribution in [-0.4, -0.2) is 22.4 Å². The van der Waals surface area contributed by atoms with Crippen molar-refractivity contribution in [1.29, 1.82) is 0 Å². The summed E-state index contributed by atoms with van der Waals surface area (Å²) in [5.41, 5.74) is 3.52. The maximum Gasteiger partial charge on any atom is 0.0757 e. The Kier molecular flexibility index (Phi) is 5.34. The van der Waals surface area contributed by atoms with Crippen molar-refractivity contribution in [1.82, 2.24) is 0 Å². The Morgan fingerprint density at radius 2 is 1.77 bits per heavy atom. The molecule has 5 aliphatic carbocycles. The van der Waals surface area contributed by atoms with Crippen LogP contribution >= 0.6 is 0 Å². The minimum atomic E-state index is -0.305. The summed E-state index contributed by atoms with van der Waals surface area (Å²) in [6.07, 6.45) is 16.3. The van der Waals surface area contributed by atoms with Crippen LogP contribution in [0.1, 0.15) is 98.8 Å². The molecule has 0 heterocycles. The Balaban J connectivity index is 1.41. The van der Waals surface area contributed by atoms with Gasteiger partial charge < -0.3 is 10.2 Å². The largest absolute Gasteiger partial charge is 0.392 e. The molecule has 2 N–H and O–H groups in total.